The van der Waals surface area contributed by atoms with Crippen molar-refractivity contribution in [2.24, 2.45) is 11.8 Å². The van der Waals surface area contributed by atoms with Crippen LogP contribution < -0.4 is 4.74 Å². The van der Waals surface area contributed by atoms with Gasteiger partial charge in [-0.2, -0.15) is 0 Å². The molecule has 1 saturated heterocycles. The van der Waals surface area contributed by atoms with Crippen molar-refractivity contribution in [1.29, 1.82) is 0 Å². The molecule has 0 radical (unpaired) electrons. The monoisotopic (exact) mass is 363 g/mol. The topological polar surface area (TPSA) is 32.7 Å². The minimum atomic E-state index is -0.896. The highest BCUT2D eigenvalue weighted by Gasteiger charge is 2.47. The molecule has 0 saturated carbocycles. The summed E-state index contributed by atoms with van der Waals surface area (Å²) in [5.41, 5.74) is 1.71. The molecule has 0 aromatic heterocycles. The van der Waals surface area contributed by atoms with Crippen molar-refractivity contribution >= 4 is 0 Å². The zero-order valence-corrected chi connectivity index (χ0v) is 16.5. The molecule has 26 heavy (non-hydrogen) atoms. The fraction of sp³-hybridized carbons (Fsp3) is 0.727. The second kappa shape index (κ2) is 8.26. The van der Waals surface area contributed by atoms with Crippen LogP contribution in [0.2, 0.25) is 0 Å². The Labute approximate surface area is 157 Å². The van der Waals surface area contributed by atoms with Gasteiger partial charge in [0.05, 0.1) is 18.9 Å². The summed E-state index contributed by atoms with van der Waals surface area (Å²) in [5.74, 6) is 1.64. The molecule has 3 rings (SSSR count). The number of hydrogen-bond acceptors (Lipinski definition) is 3. The fourth-order valence-corrected chi connectivity index (χ4v) is 4.82. The summed E-state index contributed by atoms with van der Waals surface area (Å²) in [7, 11) is 0. The maximum absolute atomic E-state index is 13.3. The van der Waals surface area contributed by atoms with E-state index < -0.39 is 12.3 Å². The van der Waals surface area contributed by atoms with E-state index in [4.69, 9.17) is 4.74 Å². The molecule has 4 heteroatoms. The Morgan fingerprint density at radius 2 is 2.19 bits per heavy atom. The van der Waals surface area contributed by atoms with Crippen LogP contribution in [0.3, 0.4) is 0 Å². The predicted octanol–water partition coefficient (Wildman–Crippen LogP) is 4.53. The minimum Gasteiger partial charge on any atom is -0.494 e. The molecule has 2 aliphatic rings. The molecule has 2 aliphatic heterocycles. The average molecular weight is 364 g/mol. The van der Waals surface area contributed by atoms with Gasteiger partial charge >= 0.3 is 0 Å². The zero-order valence-electron chi connectivity index (χ0n) is 16.5. The Morgan fingerprint density at radius 3 is 2.88 bits per heavy atom. The number of aliphatic hydroxyl groups is 1. The fourth-order valence-electron chi connectivity index (χ4n) is 4.82. The van der Waals surface area contributed by atoms with Gasteiger partial charge in [0.1, 0.15) is 5.75 Å². The van der Waals surface area contributed by atoms with E-state index in [1.165, 1.54) is 11.1 Å². The van der Waals surface area contributed by atoms with Gasteiger partial charge in [-0.3, -0.25) is 9.29 Å². The van der Waals surface area contributed by atoms with Gasteiger partial charge in [0.2, 0.25) is 0 Å². The van der Waals surface area contributed by atoms with Gasteiger partial charge in [0.15, 0.2) is 0 Å². The van der Waals surface area contributed by atoms with Crippen molar-refractivity contribution in [3.63, 3.8) is 0 Å². The van der Waals surface area contributed by atoms with Crippen LogP contribution in [-0.4, -0.2) is 42.0 Å². The quantitative estimate of drug-likeness (QED) is 0.772. The summed E-state index contributed by atoms with van der Waals surface area (Å²) in [6, 6.07) is 6.53. The van der Waals surface area contributed by atoms with E-state index >= 15 is 0 Å². The van der Waals surface area contributed by atoms with E-state index in [9.17, 15) is 9.50 Å². The lowest BCUT2D eigenvalue weighted by atomic mass is 9.69. The first-order chi connectivity index (χ1) is 12.5. The Kier molecular flexibility index (Phi) is 6.24. The minimum absolute atomic E-state index is 0.161. The van der Waals surface area contributed by atoms with Crippen molar-refractivity contribution in [1.82, 2.24) is 4.90 Å². The Morgan fingerprint density at radius 1 is 1.38 bits per heavy atom. The lowest BCUT2D eigenvalue weighted by molar-refractivity contribution is -0.111. The largest absolute Gasteiger partial charge is 0.494 e. The number of fused-ring (bicyclic) bond motifs is 3. The van der Waals surface area contributed by atoms with Crippen LogP contribution in [0.25, 0.3) is 0 Å². The summed E-state index contributed by atoms with van der Waals surface area (Å²) < 4.78 is 18.9. The molecule has 0 spiro atoms. The van der Waals surface area contributed by atoms with Crippen LogP contribution in [0.1, 0.15) is 63.6 Å². The van der Waals surface area contributed by atoms with Crippen molar-refractivity contribution in [2.45, 2.75) is 64.5 Å². The molecule has 0 amide bonds. The molecule has 1 unspecified atom stereocenters. The highest BCUT2D eigenvalue weighted by molar-refractivity contribution is 5.40. The SMILES string of the molecule is CCOc1ccc2c(c1)CCN1C[C@H](CC(C)CC)[C@](O)(CC[19F])C[C@@H]21. The van der Waals surface area contributed by atoms with Crippen molar-refractivity contribution in [3.05, 3.63) is 29.3 Å². The molecule has 1 aromatic carbocycles. The van der Waals surface area contributed by atoms with Gasteiger partial charge < -0.3 is 9.84 Å². The number of alkyl halides is 1. The Balaban J connectivity index is 1.85. The number of benzene rings is 1. The average Bonchev–Trinajstić information content (AvgIpc) is 2.62. The molecule has 1 N–H and O–H groups in total. The predicted molar refractivity (Wildman–Crippen MR) is 103 cm³/mol. The van der Waals surface area contributed by atoms with Gasteiger partial charge in [-0.05, 0) is 55.4 Å². The molecular formula is C22H34FNO2. The summed E-state index contributed by atoms with van der Waals surface area (Å²) >= 11 is 0. The van der Waals surface area contributed by atoms with Gasteiger partial charge in [-0.25, -0.2) is 0 Å². The molecule has 146 valence electrons. The molecule has 0 bridgehead atoms. The second-order valence-electron chi connectivity index (χ2n) is 8.25. The normalized spacial score (nSPS) is 29.7. The van der Waals surface area contributed by atoms with E-state index in [-0.39, 0.29) is 18.4 Å². The number of nitrogens with zero attached hydrogens (tertiary/aromatic N) is 1. The van der Waals surface area contributed by atoms with Crippen LogP contribution in [0, 0.1) is 11.8 Å². The standard InChI is InChI=1S/C22H34FNO2/c1-4-16(3)12-18-15-24-11-8-17-13-19(26-5-2)6-7-20(17)21(24)14-22(18,25)9-10-23/h6-7,13,16,18,21,25H,4-5,8-12,14-15H2,1-3H3/t16?,18-,21-,22-/m0/s1/i23+0. The van der Waals surface area contributed by atoms with Crippen molar-refractivity contribution < 1.29 is 14.2 Å². The molecule has 4 atom stereocenters. The van der Waals surface area contributed by atoms with Gasteiger partial charge in [0, 0.05) is 31.5 Å². The van der Waals surface area contributed by atoms with E-state index in [1.54, 1.807) is 0 Å². The molecule has 1 aromatic rings. The van der Waals surface area contributed by atoms with Crippen molar-refractivity contribution in [3.8, 4) is 5.75 Å². The maximum Gasteiger partial charge on any atom is 0.119 e. The van der Waals surface area contributed by atoms with Crippen LogP contribution in [0.4, 0.5) is 4.39 Å². The lowest BCUT2D eigenvalue weighted by Gasteiger charge is -2.51. The van der Waals surface area contributed by atoms with Crippen molar-refractivity contribution in [2.75, 3.05) is 26.4 Å². The van der Waals surface area contributed by atoms with Crippen LogP contribution in [-0.2, 0) is 6.42 Å². The third-order valence-electron chi connectivity index (χ3n) is 6.57. The zero-order chi connectivity index (χ0) is 18.7. The number of ether oxygens (including phenoxy) is 1. The number of piperidine rings is 1. The first-order valence-electron chi connectivity index (χ1n) is 10.3. The number of halogens is 1. The van der Waals surface area contributed by atoms with E-state index in [2.05, 4.69) is 30.9 Å². The van der Waals surface area contributed by atoms with Gasteiger partial charge in [-0.1, -0.05) is 26.3 Å². The van der Waals surface area contributed by atoms with Crippen LogP contribution in [0.15, 0.2) is 18.2 Å². The molecule has 3 nitrogen and oxygen atoms in total. The van der Waals surface area contributed by atoms with Crippen LogP contribution >= 0.6 is 0 Å². The second-order valence-corrected chi connectivity index (χ2v) is 8.25. The molecular weight excluding hydrogens is 329 g/mol. The van der Waals surface area contributed by atoms with E-state index in [1.807, 2.05) is 13.0 Å². The first-order valence-corrected chi connectivity index (χ1v) is 10.3. The summed E-state index contributed by atoms with van der Waals surface area (Å²) in [6.45, 7) is 8.53. The lowest BCUT2D eigenvalue weighted by Crippen LogP contribution is -2.55. The maximum atomic E-state index is 13.3. The number of rotatable bonds is 7. The smallest absolute Gasteiger partial charge is 0.119 e. The molecule has 2 heterocycles. The summed E-state index contributed by atoms with van der Waals surface area (Å²) in [5, 5.41) is 11.4. The summed E-state index contributed by atoms with van der Waals surface area (Å²) in [4.78, 5) is 2.52. The third-order valence-corrected chi connectivity index (χ3v) is 6.57. The first kappa shape index (κ1) is 19.6. The van der Waals surface area contributed by atoms with E-state index in [0.29, 0.717) is 18.9 Å². The third kappa shape index (κ3) is 3.91. The van der Waals surface area contributed by atoms with E-state index in [0.717, 1.165) is 38.1 Å². The van der Waals surface area contributed by atoms with Gasteiger partial charge in [-0.15, -0.1) is 0 Å². The van der Waals surface area contributed by atoms with Gasteiger partial charge in [0.25, 0.3) is 0 Å². The Hall–Kier alpha value is -1.13. The molecule has 1 fully saturated rings. The summed E-state index contributed by atoms with van der Waals surface area (Å²) in [6.07, 6.45) is 4.00. The Bertz CT molecular complexity index is 608. The van der Waals surface area contributed by atoms with Crippen LogP contribution in [0.5, 0.6) is 5.75 Å². The highest BCUT2D eigenvalue weighted by Crippen LogP contribution is 2.46. The molecule has 0 aliphatic carbocycles. The highest BCUT2D eigenvalue weighted by atomic mass is 19.1. The number of hydrogen-bond donors (Lipinski definition) is 1.